The van der Waals surface area contributed by atoms with Gasteiger partial charge in [0.05, 0.1) is 16.2 Å². The van der Waals surface area contributed by atoms with Crippen molar-refractivity contribution in [3.05, 3.63) is 69.8 Å². The molecule has 0 amide bonds. The number of para-hydroxylation sites is 2. The van der Waals surface area contributed by atoms with Crippen LogP contribution < -0.4 is 5.32 Å². The fourth-order valence-electron chi connectivity index (χ4n) is 3.20. The standard InChI is InChI=1S/C18H13F3N4O2/c19-18(20,21)12-7-5-11(6-8-12)16-13-9-10-22-17(13)24(23-16)14-3-1-2-4-15(14)25(26)27/h1-8,22H,9-10H2. The van der Waals surface area contributed by atoms with Crippen LogP contribution in [0.4, 0.5) is 24.7 Å². The predicted molar refractivity (Wildman–Crippen MR) is 92.9 cm³/mol. The quantitative estimate of drug-likeness (QED) is 0.544. The monoisotopic (exact) mass is 374 g/mol. The fourth-order valence-corrected chi connectivity index (χ4v) is 3.20. The molecule has 138 valence electrons. The minimum Gasteiger partial charge on any atom is -0.369 e. The Kier molecular flexibility index (Phi) is 3.87. The summed E-state index contributed by atoms with van der Waals surface area (Å²) in [6.07, 6.45) is -3.78. The van der Waals surface area contributed by atoms with Crippen molar-refractivity contribution in [1.82, 2.24) is 9.78 Å². The van der Waals surface area contributed by atoms with Crippen LogP contribution in [-0.4, -0.2) is 21.2 Å². The molecule has 0 saturated carbocycles. The van der Waals surface area contributed by atoms with E-state index in [9.17, 15) is 23.3 Å². The third-order valence-corrected chi connectivity index (χ3v) is 4.44. The number of benzene rings is 2. The molecule has 6 nitrogen and oxygen atoms in total. The number of anilines is 1. The van der Waals surface area contributed by atoms with Crippen LogP contribution in [0.15, 0.2) is 48.5 Å². The van der Waals surface area contributed by atoms with Crippen LogP contribution in [-0.2, 0) is 12.6 Å². The summed E-state index contributed by atoms with van der Waals surface area (Å²) in [5.41, 5.74) is 1.33. The third-order valence-electron chi connectivity index (χ3n) is 4.44. The summed E-state index contributed by atoms with van der Waals surface area (Å²) >= 11 is 0. The highest BCUT2D eigenvalue weighted by Gasteiger charge is 2.31. The van der Waals surface area contributed by atoms with Crippen molar-refractivity contribution in [3.63, 3.8) is 0 Å². The predicted octanol–water partition coefficient (Wildman–Crippen LogP) is 4.43. The molecule has 0 bridgehead atoms. The summed E-state index contributed by atoms with van der Waals surface area (Å²) in [6.45, 7) is 0.626. The normalized spacial score (nSPS) is 13.3. The number of halogens is 3. The number of nitrogens with one attached hydrogen (secondary N) is 1. The number of fused-ring (bicyclic) bond motifs is 1. The van der Waals surface area contributed by atoms with E-state index in [0.29, 0.717) is 35.7 Å². The summed E-state index contributed by atoms with van der Waals surface area (Å²) in [4.78, 5) is 10.9. The molecule has 0 fully saturated rings. The van der Waals surface area contributed by atoms with Gasteiger partial charge in [-0.15, -0.1) is 0 Å². The second-order valence-corrected chi connectivity index (χ2v) is 6.09. The van der Waals surface area contributed by atoms with E-state index in [1.807, 2.05) is 0 Å². The van der Waals surface area contributed by atoms with Crippen LogP contribution in [0, 0.1) is 10.1 Å². The lowest BCUT2D eigenvalue weighted by molar-refractivity contribution is -0.384. The second kappa shape index (κ2) is 6.11. The molecule has 1 aliphatic heterocycles. The number of alkyl halides is 3. The highest BCUT2D eigenvalue weighted by molar-refractivity contribution is 5.74. The molecule has 0 spiro atoms. The molecule has 1 N–H and O–H groups in total. The van der Waals surface area contributed by atoms with Crippen molar-refractivity contribution in [2.75, 3.05) is 11.9 Å². The van der Waals surface area contributed by atoms with Crippen LogP contribution >= 0.6 is 0 Å². The lowest BCUT2D eigenvalue weighted by Crippen LogP contribution is -2.06. The van der Waals surface area contributed by atoms with Crippen LogP contribution in [0.1, 0.15) is 11.1 Å². The molecule has 1 aliphatic rings. The molecular formula is C18H13F3N4O2. The SMILES string of the molecule is O=[N+]([O-])c1ccccc1-n1nc(-c2ccc(C(F)(F)F)cc2)c2c1NCC2. The number of nitro groups is 1. The van der Waals surface area contributed by atoms with Gasteiger partial charge >= 0.3 is 6.18 Å². The maximum absolute atomic E-state index is 12.8. The Balaban J connectivity index is 1.84. The zero-order chi connectivity index (χ0) is 19.2. The van der Waals surface area contributed by atoms with Gasteiger partial charge in [0.1, 0.15) is 11.5 Å². The molecule has 2 aromatic carbocycles. The van der Waals surface area contributed by atoms with Gasteiger partial charge in [0, 0.05) is 23.7 Å². The smallest absolute Gasteiger partial charge is 0.369 e. The van der Waals surface area contributed by atoms with Crippen molar-refractivity contribution in [2.45, 2.75) is 12.6 Å². The highest BCUT2D eigenvalue weighted by atomic mass is 19.4. The van der Waals surface area contributed by atoms with Gasteiger partial charge in [0.15, 0.2) is 0 Å². The zero-order valence-electron chi connectivity index (χ0n) is 13.8. The first kappa shape index (κ1) is 17.1. The van der Waals surface area contributed by atoms with E-state index in [-0.39, 0.29) is 5.69 Å². The lowest BCUT2D eigenvalue weighted by atomic mass is 10.0. The zero-order valence-corrected chi connectivity index (χ0v) is 13.8. The Bertz CT molecular complexity index is 1030. The summed E-state index contributed by atoms with van der Waals surface area (Å²) in [7, 11) is 0. The van der Waals surface area contributed by atoms with Crippen LogP contribution in [0.5, 0.6) is 0 Å². The topological polar surface area (TPSA) is 73.0 Å². The molecule has 0 atom stereocenters. The maximum Gasteiger partial charge on any atom is 0.416 e. The second-order valence-electron chi connectivity index (χ2n) is 6.09. The number of aromatic nitrogens is 2. The summed E-state index contributed by atoms with van der Waals surface area (Å²) in [5, 5.41) is 19.0. The van der Waals surface area contributed by atoms with E-state index in [2.05, 4.69) is 10.4 Å². The Morgan fingerprint density at radius 3 is 2.48 bits per heavy atom. The van der Waals surface area contributed by atoms with Crippen LogP contribution in [0.3, 0.4) is 0 Å². The van der Waals surface area contributed by atoms with E-state index in [1.54, 1.807) is 18.2 Å². The van der Waals surface area contributed by atoms with Gasteiger partial charge in [-0.3, -0.25) is 10.1 Å². The van der Waals surface area contributed by atoms with Gasteiger partial charge < -0.3 is 5.32 Å². The van der Waals surface area contributed by atoms with Gasteiger partial charge in [-0.25, -0.2) is 4.68 Å². The van der Waals surface area contributed by atoms with E-state index < -0.39 is 16.7 Å². The first-order valence-corrected chi connectivity index (χ1v) is 8.13. The minimum atomic E-state index is -4.41. The van der Waals surface area contributed by atoms with Crippen molar-refractivity contribution in [3.8, 4) is 16.9 Å². The van der Waals surface area contributed by atoms with E-state index in [0.717, 1.165) is 17.7 Å². The molecule has 0 aliphatic carbocycles. The Morgan fingerprint density at radius 1 is 1.11 bits per heavy atom. The Labute approximate surface area is 151 Å². The molecule has 2 heterocycles. The highest BCUT2D eigenvalue weighted by Crippen LogP contribution is 2.37. The van der Waals surface area contributed by atoms with Gasteiger partial charge in [-0.2, -0.15) is 18.3 Å². The molecule has 27 heavy (non-hydrogen) atoms. The molecule has 0 radical (unpaired) electrons. The molecular weight excluding hydrogens is 361 g/mol. The Morgan fingerprint density at radius 2 is 1.81 bits per heavy atom. The lowest BCUT2D eigenvalue weighted by Gasteiger charge is -2.08. The number of nitro benzene ring substituents is 1. The number of hydrogen-bond donors (Lipinski definition) is 1. The summed E-state index contributed by atoms with van der Waals surface area (Å²) in [6, 6.07) is 11.0. The van der Waals surface area contributed by atoms with E-state index in [1.165, 1.54) is 22.9 Å². The van der Waals surface area contributed by atoms with E-state index in [4.69, 9.17) is 0 Å². The molecule has 1 aromatic heterocycles. The van der Waals surface area contributed by atoms with Crippen molar-refractivity contribution < 1.29 is 18.1 Å². The van der Waals surface area contributed by atoms with Crippen LogP contribution in [0.25, 0.3) is 16.9 Å². The van der Waals surface area contributed by atoms with Crippen molar-refractivity contribution in [2.24, 2.45) is 0 Å². The largest absolute Gasteiger partial charge is 0.416 e. The molecule has 0 saturated heterocycles. The molecule has 0 unspecified atom stereocenters. The maximum atomic E-state index is 12.8. The Hall–Kier alpha value is -3.36. The van der Waals surface area contributed by atoms with Crippen LogP contribution in [0.2, 0.25) is 0 Å². The average molecular weight is 374 g/mol. The first-order valence-electron chi connectivity index (χ1n) is 8.13. The van der Waals surface area contributed by atoms with Gasteiger partial charge in [0.25, 0.3) is 5.69 Å². The average Bonchev–Trinajstić information content (AvgIpc) is 3.23. The number of rotatable bonds is 3. The molecule has 3 aromatic rings. The third kappa shape index (κ3) is 2.90. The number of nitrogens with zero attached hydrogens (tertiary/aromatic N) is 3. The summed E-state index contributed by atoms with van der Waals surface area (Å²) in [5.74, 6) is 0.624. The van der Waals surface area contributed by atoms with Gasteiger partial charge in [0.2, 0.25) is 0 Å². The molecule has 9 heteroatoms. The van der Waals surface area contributed by atoms with E-state index >= 15 is 0 Å². The molecule has 4 rings (SSSR count). The summed E-state index contributed by atoms with van der Waals surface area (Å²) < 4.78 is 39.8. The van der Waals surface area contributed by atoms with Gasteiger partial charge in [-0.1, -0.05) is 24.3 Å². The first-order chi connectivity index (χ1) is 12.9. The fraction of sp³-hybridized carbons (Fsp3) is 0.167. The minimum absolute atomic E-state index is 0.101. The van der Waals surface area contributed by atoms with Gasteiger partial charge in [-0.05, 0) is 24.6 Å². The number of hydrogen-bond acceptors (Lipinski definition) is 4. The van der Waals surface area contributed by atoms with Crippen molar-refractivity contribution >= 4 is 11.5 Å². The van der Waals surface area contributed by atoms with Crippen molar-refractivity contribution in [1.29, 1.82) is 0 Å².